The fourth-order valence-electron chi connectivity index (χ4n) is 1.14. The summed E-state index contributed by atoms with van der Waals surface area (Å²) in [7, 11) is 0. The van der Waals surface area contributed by atoms with Gasteiger partial charge in [0.05, 0.1) is 0 Å². The Morgan fingerprint density at radius 1 is 1.43 bits per heavy atom. The van der Waals surface area contributed by atoms with Crippen LogP contribution >= 0.6 is 11.3 Å². The van der Waals surface area contributed by atoms with Crippen molar-refractivity contribution >= 4 is 11.3 Å². The number of alkyl halides is 3. The Morgan fingerprint density at radius 2 is 2.14 bits per heavy atom. The number of rotatable bonds is 4. The van der Waals surface area contributed by atoms with Gasteiger partial charge in [0, 0.05) is 17.3 Å². The van der Waals surface area contributed by atoms with Crippen molar-refractivity contribution in [3.8, 4) is 0 Å². The third-order valence-electron chi connectivity index (χ3n) is 1.84. The first-order chi connectivity index (χ1) is 6.47. The average molecular weight is 223 g/mol. The van der Waals surface area contributed by atoms with Crippen LogP contribution < -0.4 is 5.73 Å². The molecule has 0 aromatic carbocycles. The molecule has 1 heterocycles. The van der Waals surface area contributed by atoms with Crippen molar-refractivity contribution in [1.29, 1.82) is 0 Å². The number of hydrogen-bond acceptors (Lipinski definition) is 2. The molecule has 0 bridgehead atoms. The van der Waals surface area contributed by atoms with Gasteiger partial charge >= 0.3 is 6.18 Å². The van der Waals surface area contributed by atoms with E-state index in [1.54, 1.807) is 0 Å². The summed E-state index contributed by atoms with van der Waals surface area (Å²) in [5, 5.41) is 1.89. The lowest BCUT2D eigenvalue weighted by Gasteiger charge is -2.11. The molecule has 80 valence electrons. The number of thiophene rings is 1. The molecule has 0 saturated heterocycles. The Morgan fingerprint density at radius 3 is 2.64 bits per heavy atom. The molecule has 1 rings (SSSR count). The van der Waals surface area contributed by atoms with E-state index >= 15 is 0 Å². The molecule has 0 radical (unpaired) electrons. The van der Waals surface area contributed by atoms with Crippen molar-refractivity contribution in [3.05, 3.63) is 22.4 Å². The highest BCUT2D eigenvalue weighted by Gasteiger charge is 2.27. The van der Waals surface area contributed by atoms with Gasteiger partial charge in [-0.05, 0) is 24.3 Å². The first-order valence-electron chi connectivity index (χ1n) is 4.32. The summed E-state index contributed by atoms with van der Waals surface area (Å²) in [6.45, 7) is 0. The maximum atomic E-state index is 11.8. The molecule has 1 aromatic rings. The molecule has 0 aliphatic heterocycles. The molecular weight excluding hydrogens is 211 g/mol. The van der Waals surface area contributed by atoms with Crippen LogP contribution in [0, 0.1) is 0 Å². The molecule has 1 aromatic heterocycles. The molecule has 5 heteroatoms. The van der Waals surface area contributed by atoms with Gasteiger partial charge in [-0.15, -0.1) is 11.3 Å². The number of nitrogens with two attached hydrogens (primary N) is 1. The lowest BCUT2D eigenvalue weighted by molar-refractivity contribution is -0.136. The van der Waals surface area contributed by atoms with Gasteiger partial charge in [-0.2, -0.15) is 13.2 Å². The molecule has 1 nitrogen and oxygen atoms in total. The van der Waals surface area contributed by atoms with E-state index in [4.69, 9.17) is 5.73 Å². The molecular formula is C9H12F3NS. The lowest BCUT2D eigenvalue weighted by Crippen LogP contribution is -2.24. The summed E-state index contributed by atoms with van der Waals surface area (Å²) in [6, 6.07) is 3.37. The van der Waals surface area contributed by atoms with Gasteiger partial charge in [0.15, 0.2) is 0 Å². The van der Waals surface area contributed by atoms with E-state index in [0.29, 0.717) is 6.42 Å². The van der Waals surface area contributed by atoms with E-state index in [1.165, 1.54) is 11.3 Å². The van der Waals surface area contributed by atoms with Crippen LogP contribution in [0.2, 0.25) is 0 Å². The standard InChI is InChI=1S/C9H12F3NS/c10-9(11,12)4-3-7(13)6-8-2-1-5-14-8/h1-2,5,7H,3-4,6,13H2. The summed E-state index contributed by atoms with van der Waals surface area (Å²) >= 11 is 1.52. The van der Waals surface area contributed by atoms with Gasteiger partial charge in [-0.3, -0.25) is 0 Å². The van der Waals surface area contributed by atoms with E-state index in [9.17, 15) is 13.2 Å². The zero-order valence-electron chi connectivity index (χ0n) is 7.55. The maximum Gasteiger partial charge on any atom is 0.389 e. The second-order valence-electron chi connectivity index (χ2n) is 3.20. The molecule has 1 atom stereocenters. The van der Waals surface area contributed by atoms with E-state index in [1.807, 2.05) is 17.5 Å². The predicted molar refractivity (Wildman–Crippen MR) is 51.3 cm³/mol. The van der Waals surface area contributed by atoms with E-state index in [2.05, 4.69) is 0 Å². The molecule has 0 aliphatic carbocycles. The van der Waals surface area contributed by atoms with Crippen molar-refractivity contribution in [3.63, 3.8) is 0 Å². The highest BCUT2D eigenvalue weighted by Crippen LogP contribution is 2.23. The molecule has 1 unspecified atom stereocenters. The van der Waals surface area contributed by atoms with Crippen molar-refractivity contribution in [2.24, 2.45) is 5.73 Å². The second-order valence-corrected chi connectivity index (χ2v) is 4.23. The van der Waals surface area contributed by atoms with Crippen molar-refractivity contribution in [2.75, 3.05) is 0 Å². The minimum Gasteiger partial charge on any atom is -0.327 e. The first kappa shape index (κ1) is 11.5. The highest BCUT2D eigenvalue weighted by molar-refractivity contribution is 7.09. The molecule has 0 spiro atoms. The highest BCUT2D eigenvalue weighted by atomic mass is 32.1. The zero-order chi connectivity index (χ0) is 10.6. The van der Waals surface area contributed by atoms with Crippen molar-refractivity contribution in [2.45, 2.75) is 31.5 Å². The van der Waals surface area contributed by atoms with Crippen LogP contribution in [0.1, 0.15) is 17.7 Å². The van der Waals surface area contributed by atoms with Crippen LogP contribution in [0.15, 0.2) is 17.5 Å². The quantitative estimate of drug-likeness (QED) is 0.834. The van der Waals surface area contributed by atoms with E-state index in [-0.39, 0.29) is 6.42 Å². The first-order valence-corrected chi connectivity index (χ1v) is 5.20. The van der Waals surface area contributed by atoms with Gasteiger partial charge in [0.1, 0.15) is 0 Å². The molecule has 0 amide bonds. The Hall–Kier alpha value is -0.550. The smallest absolute Gasteiger partial charge is 0.327 e. The monoisotopic (exact) mass is 223 g/mol. The van der Waals surface area contributed by atoms with Crippen molar-refractivity contribution in [1.82, 2.24) is 0 Å². The zero-order valence-corrected chi connectivity index (χ0v) is 8.37. The van der Waals surface area contributed by atoms with Gasteiger partial charge in [-0.25, -0.2) is 0 Å². The lowest BCUT2D eigenvalue weighted by atomic mass is 10.1. The fourth-order valence-corrected chi connectivity index (χ4v) is 1.94. The average Bonchev–Trinajstić information content (AvgIpc) is 2.52. The van der Waals surface area contributed by atoms with E-state index < -0.39 is 18.6 Å². The predicted octanol–water partition coefficient (Wildman–Crippen LogP) is 2.96. The Kier molecular flexibility index (Phi) is 3.95. The number of hydrogen-bond donors (Lipinski definition) is 1. The van der Waals surface area contributed by atoms with Crippen LogP contribution in [0.5, 0.6) is 0 Å². The largest absolute Gasteiger partial charge is 0.389 e. The van der Waals surface area contributed by atoms with Crippen LogP contribution in [0.3, 0.4) is 0 Å². The van der Waals surface area contributed by atoms with Gasteiger partial charge in [0.25, 0.3) is 0 Å². The SMILES string of the molecule is NC(CCC(F)(F)F)Cc1cccs1. The number of halogens is 3. The third-order valence-corrected chi connectivity index (χ3v) is 2.74. The Bertz CT molecular complexity index is 256. The normalized spacial score (nSPS) is 14.3. The van der Waals surface area contributed by atoms with Crippen LogP contribution in [-0.2, 0) is 6.42 Å². The Balaban J connectivity index is 2.26. The molecule has 0 aliphatic rings. The molecule has 0 saturated carbocycles. The minimum atomic E-state index is -4.09. The minimum absolute atomic E-state index is 0.00139. The van der Waals surface area contributed by atoms with Crippen LogP contribution in [0.25, 0.3) is 0 Å². The van der Waals surface area contributed by atoms with Gasteiger partial charge in [-0.1, -0.05) is 6.07 Å². The fraction of sp³-hybridized carbons (Fsp3) is 0.556. The Labute approximate surface area is 84.7 Å². The van der Waals surface area contributed by atoms with E-state index in [0.717, 1.165) is 4.88 Å². The summed E-state index contributed by atoms with van der Waals surface area (Å²) in [5.74, 6) is 0. The third kappa shape index (κ3) is 4.62. The molecule has 0 fully saturated rings. The van der Waals surface area contributed by atoms with Gasteiger partial charge < -0.3 is 5.73 Å². The van der Waals surface area contributed by atoms with Crippen LogP contribution in [-0.4, -0.2) is 12.2 Å². The van der Waals surface area contributed by atoms with Crippen LogP contribution in [0.4, 0.5) is 13.2 Å². The van der Waals surface area contributed by atoms with Crippen molar-refractivity contribution < 1.29 is 13.2 Å². The second kappa shape index (κ2) is 4.79. The topological polar surface area (TPSA) is 26.0 Å². The summed E-state index contributed by atoms with van der Waals surface area (Å²) < 4.78 is 35.5. The summed E-state index contributed by atoms with van der Waals surface area (Å²) in [5.41, 5.74) is 5.58. The van der Waals surface area contributed by atoms with Gasteiger partial charge in [0.2, 0.25) is 0 Å². The summed E-state index contributed by atoms with van der Waals surface area (Å²) in [4.78, 5) is 1.04. The molecule has 14 heavy (non-hydrogen) atoms. The maximum absolute atomic E-state index is 11.8. The summed E-state index contributed by atoms with van der Waals surface area (Å²) in [6.07, 6.45) is -4.35. The molecule has 2 N–H and O–H groups in total.